The van der Waals surface area contributed by atoms with Gasteiger partial charge in [0.05, 0.1) is 6.20 Å². The normalized spacial score (nSPS) is 12.0. The lowest BCUT2D eigenvalue weighted by Gasteiger charge is -2.07. The molecule has 0 bridgehead atoms. The second-order valence-electron chi connectivity index (χ2n) is 3.38. The second kappa shape index (κ2) is 5.73. The van der Waals surface area contributed by atoms with Crippen LogP contribution in [0.3, 0.4) is 0 Å². The van der Waals surface area contributed by atoms with Crippen LogP contribution < -0.4 is 0 Å². The number of nitrogens with one attached hydrogen (secondary N) is 1. The van der Waals surface area contributed by atoms with Crippen LogP contribution in [0, 0.1) is 0 Å². The highest BCUT2D eigenvalue weighted by molar-refractivity contribution is 6.03. The lowest BCUT2D eigenvalue weighted by Crippen LogP contribution is -2.22. The molecular formula is C9H11N3O5. The van der Waals surface area contributed by atoms with Crippen molar-refractivity contribution in [2.24, 2.45) is 0 Å². The molecule has 0 radical (unpaired) electrons. The van der Waals surface area contributed by atoms with Crippen LogP contribution in [0.5, 0.6) is 0 Å². The van der Waals surface area contributed by atoms with Crippen molar-refractivity contribution in [1.29, 1.82) is 0 Å². The summed E-state index contributed by atoms with van der Waals surface area (Å²) in [7, 11) is 0. The van der Waals surface area contributed by atoms with Crippen molar-refractivity contribution in [2.75, 3.05) is 0 Å². The number of hydrogen-bond donors (Lipinski definition) is 3. The van der Waals surface area contributed by atoms with E-state index in [0.29, 0.717) is 0 Å². The Hall–Kier alpha value is -2.25. The summed E-state index contributed by atoms with van der Waals surface area (Å²) in [5.74, 6) is -4.31. The van der Waals surface area contributed by atoms with Gasteiger partial charge in [-0.25, -0.2) is 0 Å². The number of hydrogen-bond acceptors (Lipinski definition) is 5. The zero-order chi connectivity index (χ0) is 12.8. The SMILES string of the molecule is O=C(O)CCCC(=O)C(C(=O)O)c1cn[nH]n1. The smallest absolute Gasteiger partial charge is 0.320 e. The quantitative estimate of drug-likeness (QED) is 0.562. The first-order valence-corrected chi connectivity index (χ1v) is 4.85. The Labute approximate surface area is 95.6 Å². The van der Waals surface area contributed by atoms with Crippen LogP contribution in [0.25, 0.3) is 0 Å². The number of carbonyl (C=O) groups is 3. The van der Waals surface area contributed by atoms with E-state index in [1.165, 1.54) is 0 Å². The fourth-order valence-electron chi connectivity index (χ4n) is 1.34. The lowest BCUT2D eigenvalue weighted by molar-refractivity contribution is -0.142. The molecule has 17 heavy (non-hydrogen) atoms. The van der Waals surface area contributed by atoms with Gasteiger partial charge < -0.3 is 10.2 Å². The van der Waals surface area contributed by atoms with Gasteiger partial charge in [0.15, 0.2) is 11.7 Å². The molecule has 8 heteroatoms. The molecule has 1 heterocycles. The first-order chi connectivity index (χ1) is 8.02. The molecule has 1 aromatic rings. The number of aromatic amines is 1. The summed E-state index contributed by atoms with van der Waals surface area (Å²) in [5, 5.41) is 26.5. The molecule has 0 saturated heterocycles. The topological polar surface area (TPSA) is 133 Å². The lowest BCUT2D eigenvalue weighted by atomic mass is 9.97. The monoisotopic (exact) mass is 241 g/mol. The molecule has 0 aliphatic rings. The van der Waals surface area contributed by atoms with E-state index < -0.39 is 23.6 Å². The molecule has 0 fully saturated rings. The molecule has 0 aliphatic carbocycles. The summed E-state index contributed by atoms with van der Waals surface area (Å²) in [5.41, 5.74) is 0.0258. The van der Waals surface area contributed by atoms with Gasteiger partial charge in [-0.1, -0.05) is 0 Å². The van der Waals surface area contributed by atoms with Gasteiger partial charge in [-0.05, 0) is 6.42 Å². The van der Waals surface area contributed by atoms with Crippen molar-refractivity contribution in [3.8, 4) is 0 Å². The van der Waals surface area contributed by atoms with Crippen LogP contribution >= 0.6 is 0 Å². The Balaban J connectivity index is 2.63. The fourth-order valence-corrected chi connectivity index (χ4v) is 1.34. The van der Waals surface area contributed by atoms with E-state index in [1.54, 1.807) is 0 Å². The predicted molar refractivity (Wildman–Crippen MR) is 53.3 cm³/mol. The minimum absolute atomic E-state index is 0.0258. The minimum atomic E-state index is -1.39. The molecule has 0 saturated carbocycles. The molecule has 1 unspecified atom stereocenters. The molecule has 0 aromatic carbocycles. The summed E-state index contributed by atoms with van der Waals surface area (Å²) in [4.78, 5) is 32.8. The molecule has 0 aliphatic heterocycles. The van der Waals surface area contributed by atoms with Gasteiger partial charge in [0.25, 0.3) is 0 Å². The highest BCUT2D eigenvalue weighted by Crippen LogP contribution is 2.16. The fraction of sp³-hybridized carbons (Fsp3) is 0.444. The number of carbonyl (C=O) groups excluding carboxylic acids is 1. The van der Waals surface area contributed by atoms with E-state index in [2.05, 4.69) is 15.4 Å². The highest BCUT2D eigenvalue weighted by Gasteiger charge is 2.29. The van der Waals surface area contributed by atoms with Gasteiger partial charge in [0, 0.05) is 12.8 Å². The number of nitrogens with zero attached hydrogens (tertiary/aromatic N) is 2. The van der Waals surface area contributed by atoms with Crippen molar-refractivity contribution in [1.82, 2.24) is 15.4 Å². The Bertz CT molecular complexity index is 414. The molecule has 92 valence electrons. The van der Waals surface area contributed by atoms with Crippen LogP contribution in [0.4, 0.5) is 0 Å². The van der Waals surface area contributed by atoms with Gasteiger partial charge in [0.2, 0.25) is 0 Å². The molecule has 8 nitrogen and oxygen atoms in total. The summed E-state index contributed by atoms with van der Waals surface area (Å²) in [6, 6.07) is 0. The Morgan fingerprint density at radius 2 is 2.00 bits per heavy atom. The zero-order valence-corrected chi connectivity index (χ0v) is 8.79. The second-order valence-corrected chi connectivity index (χ2v) is 3.38. The highest BCUT2D eigenvalue weighted by atomic mass is 16.4. The first kappa shape index (κ1) is 12.8. The molecule has 1 atom stereocenters. The minimum Gasteiger partial charge on any atom is -0.481 e. The molecule has 1 aromatic heterocycles. The Morgan fingerprint density at radius 1 is 1.29 bits per heavy atom. The summed E-state index contributed by atoms with van der Waals surface area (Å²) >= 11 is 0. The average Bonchev–Trinajstić information content (AvgIpc) is 2.69. The third-order valence-electron chi connectivity index (χ3n) is 2.11. The van der Waals surface area contributed by atoms with E-state index in [0.717, 1.165) is 6.20 Å². The number of Topliss-reactive ketones (excluding diaryl/α,β-unsaturated/α-hetero) is 1. The maximum Gasteiger partial charge on any atom is 0.320 e. The summed E-state index contributed by atoms with van der Waals surface area (Å²) in [6.45, 7) is 0. The number of rotatable bonds is 7. The molecule has 1 rings (SSSR count). The largest absolute Gasteiger partial charge is 0.481 e. The van der Waals surface area contributed by atoms with Gasteiger partial charge >= 0.3 is 11.9 Å². The van der Waals surface area contributed by atoms with Crippen molar-refractivity contribution < 1.29 is 24.6 Å². The number of carboxylic acid groups (broad SMARTS) is 2. The maximum atomic E-state index is 11.6. The predicted octanol–water partition coefficient (Wildman–Crippen LogP) is -0.203. The van der Waals surface area contributed by atoms with Crippen molar-refractivity contribution in [2.45, 2.75) is 25.2 Å². The number of aliphatic carboxylic acids is 2. The third-order valence-corrected chi connectivity index (χ3v) is 2.11. The Morgan fingerprint density at radius 3 is 2.47 bits per heavy atom. The van der Waals surface area contributed by atoms with E-state index in [9.17, 15) is 14.4 Å². The van der Waals surface area contributed by atoms with E-state index in [4.69, 9.17) is 10.2 Å². The molecule has 3 N–H and O–H groups in total. The number of aromatic nitrogens is 3. The first-order valence-electron chi connectivity index (χ1n) is 4.85. The van der Waals surface area contributed by atoms with Crippen LogP contribution in [0.2, 0.25) is 0 Å². The molecule has 0 spiro atoms. The maximum absolute atomic E-state index is 11.6. The number of carboxylic acids is 2. The molecular weight excluding hydrogens is 230 g/mol. The third kappa shape index (κ3) is 3.67. The van der Waals surface area contributed by atoms with Crippen LogP contribution in [-0.2, 0) is 14.4 Å². The zero-order valence-electron chi connectivity index (χ0n) is 8.79. The summed E-state index contributed by atoms with van der Waals surface area (Å²) in [6.07, 6.45) is 0.983. The standard InChI is InChI=1S/C9H11N3O5/c13-6(2-1-3-7(14)15)8(9(16)17)5-4-10-12-11-5/h4,8H,1-3H2,(H,14,15)(H,16,17)(H,10,11,12). The van der Waals surface area contributed by atoms with Crippen LogP contribution in [0.1, 0.15) is 30.9 Å². The average molecular weight is 241 g/mol. The van der Waals surface area contributed by atoms with Gasteiger partial charge in [-0.15, -0.1) is 0 Å². The van der Waals surface area contributed by atoms with Crippen molar-refractivity contribution in [3.63, 3.8) is 0 Å². The van der Waals surface area contributed by atoms with Crippen molar-refractivity contribution >= 4 is 17.7 Å². The van der Waals surface area contributed by atoms with E-state index >= 15 is 0 Å². The number of H-pyrrole nitrogens is 1. The summed E-state index contributed by atoms with van der Waals surface area (Å²) < 4.78 is 0. The van der Waals surface area contributed by atoms with E-state index in [1.807, 2.05) is 0 Å². The van der Waals surface area contributed by atoms with Gasteiger partial charge in [-0.3, -0.25) is 14.4 Å². The van der Waals surface area contributed by atoms with Crippen LogP contribution in [0.15, 0.2) is 6.20 Å². The van der Waals surface area contributed by atoms with Crippen LogP contribution in [-0.4, -0.2) is 43.3 Å². The van der Waals surface area contributed by atoms with E-state index in [-0.39, 0.29) is 25.0 Å². The Kier molecular flexibility index (Phi) is 4.32. The van der Waals surface area contributed by atoms with Gasteiger partial charge in [0.1, 0.15) is 5.69 Å². The molecule has 0 amide bonds. The van der Waals surface area contributed by atoms with Gasteiger partial charge in [-0.2, -0.15) is 15.4 Å². The van der Waals surface area contributed by atoms with Crippen molar-refractivity contribution in [3.05, 3.63) is 11.9 Å². The number of ketones is 1.